The number of benzene rings is 2. The standard InChI is InChI=1S/C19H21NO5/c1-12(18(21)20-7-8-25-11-17(20)19(22)23)13-3-4-15-10-16(24-2)6-5-14(15)9-13/h3-6,9-10,12,17H,7-8,11H2,1-2H3,(H,22,23). The Balaban J connectivity index is 1.86. The lowest BCUT2D eigenvalue weighted by atomic mass is 9.95. The second-order valence-corrected chi connectivity index (χ2v) is 6.15. The summed E-state index contributed by atoms with van der Waals surface area (Å²) in [6, 6.07) is 10.7. The Morgan fingerprint density at radius 2 is 1.96 bits per heavy atom. The summed E-state index contributed by atoms with van der Waals surface area (Å²) >= 11 is 0. The molecule has 6 nitrogen and oxygen atoms in total. The van der Waals surface area contributed by atoms with Crippen LogP contribution in [0, 0.1) is 0 Å². The van der Waals surface area contributed by atoms with Crippen molar-refractivity contribution in [2.75, 3.05) is 26.9 Å². The predicted molar refractivity (Wildman–Crippen MR) is 92.9 cm³/mol. The third-order valence-corrected chi connectivity index (χ3v) is 4.64. The van der Waals surface area contributed by atoms with Gasteiger partial charge < -0.3 is 19.5 Å². The second kappa shape index (κ2) is 7.11. The van der Waals surface area contributed by atoms with Crippen molar-refractivity contribution in [3.8, 4) is 5.75 Å². The highest BCUT2D eigenvalue weighted by Gasteiger charge is 2.35. The van der Waals surface area contributed by atoms with Crippen LogP contribution < -0.4 is 4.74 Å². The fraction of sp³-hybridized carbons (Fsp3) is 0.368. The van der Waals surface area contributed by atoms with Gasteiger partial charge in [-0.2, -0.15) is 0 Å². The van der Waals surface area contributed by atoms with Crippen molar-refractivity contribution in [3.05, 3.63) is 42.0 Å². The first-order valence-corrected chi connectivity index (χ1v) is 8.20. The monoisotopic (exact) mass is 343 g/mol. The van der Waals surface area contributed by atoms with Crippen LogP contribution in [-0.2, 0) is 14.3 Å². The quantitative estimate of drug-likeness (QED) is 0.921. The number of hydrogen-bond acceptors (Lipinski definition) is 4. The van der Waals surface area contributed by atoms with Crippen LogP contribution in [0.15, 0.2) is 36.4 Å². The molecule has 1 amide bonds. The normalized spacial score (nSPS) is 18.8. The van der Waals surface area contributed by atoms with Gasteiger partial charge in [-0.1, -0.05) is 24.3 Å². The van der Waals surface area contributed by atoms with Crippen molar-refractivity contribution in [2.24, 2.45) is 0 Å². The van der Waals surface area contributed by atoms with E-state index in [2.05, 4.69) is 0 Å². The van der Waals surface area contributed by atoms with Gasteiger partial charge in [0.15, 0.2) is 6.04 Å². The molecule has 2 aromatic rings. The molecule has 0 radical (unpaired) electrons. The van der Waals surface area contributed by atoms with E-state index < -0.39 is 17.9 Å². The Labute approximate surface area is 145 Å². The van der Waals surface area contributed by atoms with Crippen LogP contribution in [0.2, 0.25) is 0 Å². The number of rotatable bonds is 4. The van der Waals surface area contributed by atoms with Gasteiger partial charge in [0, 0.05) is 6.54 Å². The molecule has 6 heteroatoms. The summed E-state index contributed by atoms with van der Waals surface area (Å²) in [4.78, 5) is 25.6. The number of carboxylic acids is 1. The van der Waals surface area contributed by atoms with E-state index in [1.807, 2.05) is 36.4 Å². The molecule has 0 spiro atoms. The zero-order valence-corrected chi connectivity index (χ0v) is 14.3. The van der Waals surface area contributed by atoms with Gasteiger partial charge in [0.1, 0.15) is 5.75 Å². The molecule has 2 unspecified atom stereocenters. The van der Waals surface area contributed by atoms with Gasteiger partial charge >= 0.3 is 5.97 Å². The van der Waals surface area contributed by atoms with Crippen LogP contribution in [0.4, 0.5) is 0 Å². The zero-order chi connectivity index (χ0) is 18.0. The van der Waals surface area contributed by atoms with Crippen molar-refractivity contribution >= 4 is 22.6 Å². The second-order valence-electron chi connectivity index (χ2n) is 6.15. The third kappa shape index (κ3) is 3.44. The number of nitrogens with zero attached hydrogens (tertiary/aromatic N) is 1. The Morgan fingerprint density at radius 1 is 1.24 bits per heavy atom. The molecule has 1 aliphatic rings. The van der Waals surface area contributed by atoms with Crippen LogP contribution in [0.3, 0.4) is 0 Å². The number of carbonyl (C=O) groups excluding carboxylic acids is 1. The van der Waals surface area contributed by atoms with Crippen LogP contribution in [-0.4, -0.2) is 54.8 Å². The third-order valence-electron chi connectivity index (χ3n) is 4.64. The summed E-state index contributed by atoms with van der Waals surface area (Å²) in [6.45, 7) is 2.50. The predicted octanol–water partition coefficient (Wildman–Crippen LogP) is 2.26. The SMILES string of the molecule is COc1ccc2cc(C(C)C(=O)N3CCOCC3C(=O)O)ccc2c1. The Bertz CT molecular complexity index is 804. The average molecular weight is 343 g/mol. The molecule has 132 valence electrons. The summed E-state index contributed by atoms with van der Waals surface area (Å²) < 4.78 is 10.4. The molecule has 0 aliphatic carbocycles. The fourth-order valence-corrected chi connectivity index (χ4v) is 3.10. The molecule has 0 saturated carbocycles. The summed E-state index contributed by atoms with van der Waals surface area (Å²) in [5.41, 5.74) is 0.860. The lowest BCUT2D eigenvalue weighted by molar-refractivity contribution is -0.158. The number of carbonyl (C=O) groups is 2. The van der Waals surface area contributed by atoms with Crippen molar-refractivity contribution in [1.29, 1.82) is 0 Å². The topological polar surface area (TPSA) is 76.1 Å². The van der Waals surface area contributed by atoms with E-state index in [4.69, 9.17) is 9.47 Å². The summed E-state index contributed by atoms with van der Waals surface area (Å²) in [7, 11) is 1.62. The van der Waals surface area contributed by atoms with Crippen LogP contribution in [0.25, 0.3) is 10.8 Å². The molecule has 25 heavy (non-hydrogen) atoms. The first kappa shape index (κ1) is 17.2. The number of ether oxygens (including phenoxy) is 2. The van der Waals surface area contributed by atoms with Gasteiger partial charge in [0.05, 0.1) is 26.2 Å². The van der Waals surface area contributed by atoms with Crippen molar-refractivity contribution in [1.82, 2.24) is 4.90 Å². The number of carboxylic acid groups (broad SMARTS) is 1. The van der Waals surface area contributed by atoms with E-state index in [0.29, 0.717) is 13.2 Å². The van der Waals surface area contributed by atoms with Crippen molar-refractivity contribution < 1.29 is 24.2 Å². The average Bonchev–Trinajstić information content (AvgIpc) is 2.65. The molecule has 1 aliphatic heterocycles. The maximum Gasteiger partial charge on any atom is 0.328 e. The van der Waals surface area contributed by atoms with Gasteiger partial charge in [0.2, 0.25) is 5.91 Å². The first-order valence-electron chi connectivity index (χ1n) is 8.20. The largest absolute Gasteiger partial charge is 0.497 e. The van der Waals surface area contributed by atoms with Crippen LogP contribution >= 0.6 is 0 Å². The maximum absolute atomic E-state index is 12.8. The fourth-order valence-electron chi connectivity index (χ4n) is 3.10. The van der Waals surface area contributed by atoms with Gasteiger partial charge in [-0.25, -0.2) is 4.79 Å². The zero-order valence-electron chi connectivity index (χ0n) is 14.3. The van der Waals surface area contributed by atoms with E-state index in [1.165, 1.54) is 4.90 Å². The van der Waals surface area contributed by atoms with E-state index in [0.717, 1.165) is 22.1 Å². The first-order chi connectivity index (χ1) is 12.0. The number of morpholine rings is 1. The lowest BCUT2D eigenvalue weighted by Crippen LogP contribution is -2.53. The lowest BCUT2D eigenvalue weighted by Gasteiger charge is -2.34. The summed E-state index contributed by atoms with van der Waals surface area (Å²) in [5.74, 6) is -0.872. The molecule has 1 saturated heterocycles. The summed E-state index contributed by atoms with van der Waals surface area (Å²) in [6.07, 6.45) is 0. The smallest absolute Gasteiger partial charge is 0.328 e. The molecule has 2 aromatic carbocycles. The highest BCUT2D eigenvalue weighted by molar-refractivity contribution is 5.90. The Kier molecular flexibility index (Phi) is 4.90. The van der Waals surface area contributed by atoms with Gasteiger partial charge in [0.25, 0.3) is 0 Å². The molecule has 3 rings (SSSR count). The molecule has 2 atom stereocenters. The highest BCUT2D eigenvalue weighted by Crippen LogP contribution is 2.27. The van der Waals surface area contributed by atoms with Gasteiger partial charge in [-0.15, -0.1) is 0 Å². The number of hydrogen-bond donors (Lipinski definition) is 1. The Hall–Kier alpha value is -2.60. The molecule has 0 bridgehead atoms. The Morgan fingerprint density at radius 3 is 2.68 bits per heavy atom. The van der Waals surface area contributed by atoms with E-state index in [1.54, 1.807) is 14.0 Å². The minimum absolute atomic E-state index is 0.0330. The maximum atomic E-state index is 12.8. The van der Waals surface area contributed by atoms with Crippen molar-refractivity contribution in [2.45, 2.75) is 18.9 Å². The number of amides is 1. The van der Waals surface area contributed by atoms with E-state index in [9.17, 15) is 14.7 Å². The van der Waals surface area contributed by atoms with Gasteiger partial charge in [-0.05, 0) is 35.4 Å². The minimum atomic E-state index is -1.04. The van der Waals surface area contributed by atoms with Crippen LogP contribution in [0.1, 0.15) is 18.4 Å². The minimum Gasteiger partial charge on any atom is -0.497 e. The summed E-state index contributed by atoms with van der Waals surface area (Å²) in [5, 5.41) is 11.3. The van der Waals surface area contributed by atoms with E-state index >= 15 is 0 Å². The molecule has 1 N–H and O–H groups in total. The molecule has 1 fully saturated rings. The molecular weight excluding hydrogens is 322 g/mol. The molecule has 1 heterocycles. The van der Waals surface area contributed by atoms with Crippen molar-refractivity contribution in [3.63, 3.8) is 0 Å². The molecule has 0 aromatic heterocycles. The highest BCUT2D eigenvalue weighted by atomic mass is 16.5. The number of fused-ring (bicyclic) bond motifs is 1. The van der Waals surface area contributed by atoms with Gasteiger partial charge in [-0.3, -0.25) is 4.79 Å². The number of aliphatic carboxylic acids is 1. The van der Waals surface area contributed by atoms with E-state index in [-0.39, 0.29) is 12.5 Å². The number of methoxy groups -OCH3 is 1. The van der Waals surface area contributed by atoms with Crippen LogP contribution in [0.5, 0.6) is 5.75 Å². The molecular formula is C19H21NO5.